The van der Waals surface area contributed by atoms with E-state index in [-0.39, 0.29) is 23.0 Å². The highest BCUT2D eigenvalue weighted by atomic mass is 32.2. The lowest BCUT2D eigenvalue weighted by molar-refractivity contribution is 0.281. The standard InChI is InChI=1S/C12H17NO3S/c1-12(2)7-11(12)13-17(15,16)10-5-3-4-9(6-10)8-14/h3-6,11,13-14H,7-8H2,1-2H3. The molecule has 0 spiro atoms. The Balaban J connectivity index is 2.20. The zero-order chi connectivity index (χ0) is 12.7. The maximum absolute atomic E-state index is 12.0. The second-order valence-electron chi connectivity index (χ2n) is 5.17. The normalized spacial score (nSPS) is 22.4. The number of hydrogen-bond donors (Lipinski definition) is 2. The molecule has 1 unspecified atom stereocenters. The van der Waals surface area contributed by atoms with E-state index in [0.717, 1.165) is 6.42 Å². The van der Waals surface area contributed by atoms with Gasteiger partial charge in [-0.3, -0.25) is 0 Å². The minimum atomic E-state index is -3.46. The summed E-state index contributed by atoms with van der Waals surface area (Å²) < 4.78 is 26.8. The number of benzene rings is 1. The quantitative estimate of drug-likeness (QED) is 0.851. The van der Waals surface area contributed by atoms with Crippen LogP contribution >= 0.6 is 0 Å². The second kappa shape index (κ2) is 4.08. The third-order valence-corrected chi connectivity index (χ3v) is 4.67. The van der Waals surface area contributed by atoms with Crippen molar-refractivity contribution in [2.45, 2.75) is 37.8 Å². The summed E-state index contributed by atoms with van der Waals surface area (Å²) in [6, 6.07) is 6.39. The van der Waals surface area contributed by atoms with Crippen LogP contribution in [-0.4, -0.2) is 19.6 Å². The van der Waals surface area contributed by atoms with E-state index in [9.17, 15) is 8.42 Å². The molecule has 0 radical (unpaired) electrons. The molecule has 1 atom stereocenters. The Kier molecular flexibility index (Phi) is 3.01. The lowest BCUT2D eigenvalue weighted by Crippen LogP contribution is -2.28. The molecule has 1 aliphatic carbocycles. The molecule has 0 amide bonds. The number of hydrogen-bond acceptors (Lipinski definition) is 3. The molecule has 2 rings (SSSR count). The molecule has 0 aliphatic heterocycles. The summed E-state index contributed by atoms with van der Waals surface area (Å²) in [6.07, 6.45) is 0.867. The predicted octanol–water partition coefficient (Wildman–Crippen LogP) is 1.26. The Labute approximate surface area is 102 Å². The van der Waals surface area contributed by atoms with Crippen LogP contribution in [0.2, 0.25) is 0 Å². The molecule has 0 saturated heterocycles. The third kappa shape index (κ3) is 2.68. The lowest BCUT2D eigenvalue weighted by Gasteiger charge is -2.09. The molecule has 94 valence electrons. The third-order valence-electron chi connectivity index (χ3n) is 3.20. The van der Waals surface area contributed by atoms with Gasteiger partial charge in [0.2, 0.25) is 10.0 Å². The first-order valence-corrected chi connectivity index (χ1v) is 7.06. The van der Waals surface area contributed by atoms with E-state index in [0.29, 0.717) is 5.56 Å². The van der Waals surface area contributed by atoms with Crippen LogP contribution in [0.5, 0.6) is 0 Å². The van der Waals surface area contributed by atoms with Crippen molar-refractivity contribution in [1.29, 1.82) is 0 Å². The van der Waals surface area contributed by atoms with Crippen LogP contribution in [0, 0.1) is 5.41 Å². The molecule has 1 aromatic carbocycles. The zero-order valence-corrected chi connectivity index (χ0v) is 10.8. The van der Waals surface area contributed by atoms with E-state index in [1.54, 1.807) is 12.1 Å². The van der Waals surface area contributed by atoms with Crippen LogP contribution in [-0.2, 0) is 16.6 Å². The van der Waals surface area contributed by atoms with Crippen LogP contribution in [0.3, 0.4) is 0 Å². The van der Waals surface area contributed by atoms with Crippen molar-refractivity contribution in [2.24, 2.45) is 5.41 Å². The smallest absolute Gasteiger partial charge is 0.240 e. The van der Waals surface area contributed by atoms with E-state index in [4.69, 9.17) is 5.11 Å². The first-order valence-electron chi connectivity index (χ1n) is 5.57. The Bertz CT molecular complexity index is 522. The van der Waals surface area contributed by atoms with Gasteiger partial charge in [-0.05, 0) is 29.5 Å². The van der Waals surface area contributed by atoms with E-state index in [2.05, 4.69) is 4.72 Å². The molecular weight excluding hydrogens is 238 g/mol. The van der Waals surface area contributed by atoms with Crippen LogP contribution in [0.1, 0.15) is 25.8 Å². The van der Waals surface area contributed by atoms with E-state index in [1.807, 2.05) is 13.8 Å². The van der Waals surface area contributed by atoms with Gasteiger partial charge < -0.3 is 5.11 Å². The number of rotatable bonds is 4. The minimum absolute atomic E-state index is 0.0188. The summed E-state index contributed by atoms with van der Waals surface area (Å²) in [5.41, 5.74) is 0.657. The summed E-state index contributed by atoms with van der Waals surface area (Å²) in [7, 11) is -3.46. The van der Waals surface area contributed by atoms with Crippen molar-refractivity contribution >= 4 is 10.0 Å². The first-order chi connectivity index (χ1) is 7.85. The maximum atomic E-state index is 12.0. The van der Waals surface area contributed by atoms with Crippen molar-refractivity contribution in [3.05, 3.63) is 29.8 Å². The molecule has 17 heavy (non-hydrogen) atoms. The fourth-order valence-corrected chi connectivity index (χ4v) is 3.21. The largest absolute Gasteiger partial charge is 0.392 e. The SMILES string of the molecule is CC1(C)CC1NS(=O)(=O)c1cccc(CO)c1. The highest BCUT2D eigenvalue weighted by Crippen LogP contribution is 2.45. The van der Waals surface area contributed by atoms with Crippen molar-refractivity contribution in [3.63, 3.8) is 0 Å². The average Bonchev–Trinajstić information content (AvgIpc) is 2.85. The van der Waals surface area contributed by atoms with Gasteiger partial charge in [-0.25, -0.2) is 13.1 Å². The predicted molar refractivity (Wildman–Crippen MR) is 64.9 cm³/mol. The molecule has 0 bridgehead atoms. The number of aliphatic hydroxyl groups is 1. The molecule has 1 aliphatic rings. The Morgan fingerprint density at radius 2 is 2.12 bits per heavy atom. The molecule has 0 heterocycles. The summed E-state index contributed by atoms with van der Waals surface area (Å²) in [5, 5.41) is 8.99. The molecule has 1 saturated carbocycles. The van der Waals surface area contributed by atoms with Crippen LogP contribution < -0.4 is 4.72 Å². The number of sulfonamides is 1. The van der Waals surface area contributed by atoms with Crippen LogP contribution in [0.15, 0.2) is 29.2 Å². The van der Waals surface area contributed by atoms with Gasteiger partial charge in [0.1, 0.15) is 0 Å². The first kappa shape index (κ1) is 12.5. The van der Waals surface area contributed by atoms with E-state index in [1.165, 1.54) is 12.1 Å². The van der Waals surface area contributed by atoms with E-state index < -0.39 is 10.0 Å². The van der Waals surface area contributed by atoms with Crippen molar-refractivity contribution in [2.75, 3.05) is 0 Å². The van der Waals surface area contributed by atoms with Crippen molar-refractivity contribution in [1.82, 2.24) is 4.72 Å². The maximum Gasteiger partial charge on any atom is 0.240 e. The molecule has 4 nitrogen and oxygen atoms in total. The second-order valence-corrected chi connectivity index (χ2v) is 6.89. The van der Waals surface area contributed by atoms with Gasteiger partial charge in [-0.2, -0.15) is 0 Å². The Morgan fingerprint density at radius 1 is 1.47 bits per heavy atom. The number of aliphatic hydroxyl groups excluding tert-OH is 1. The minimum Gasteiger partial charge on any atom is -0.392 e. The topological polar surface area (TPSA) is 66.4 Å². The van der Waals surface area contributed by atoms with E-state index >= 15 is 0 Å². The average molecular weight is 255 g/mol. The van der Waals surface area contributed by atoms with Gasteiger partial charge in [0.25, 0.3) is 0 Å². The molecular formula is C12H17NO3S. The van der Waals surface area contributed by atoms with Gasteiger partial charge in [0.15, 0.2) is 0 Å². The van der Waals surface area contributed by atoms with Crippen molar-refractivity contribution < 1.29 is 13.5 Å². The molecule has 2 N–H and O–H groups in total. The Morgan fingerprint density at radius 3 is 2.65 bits per heavy atom. The zero-order valence-electron chi connectivity index (χ0n) is 9.97. The van der Waals surface area contributed by atoms with Gasteiger partial charge in [0, 0.05) is 6.04 Å². The van der Waals surface area contributed by atoms with Gasteiger partial charge in [-0.1, -0.05) is 26.0 Å². The monoisotopic (exact) mass is 255 g/mol. The lowest BCUT2D eigenvalue weighted by atomic mass is 10.2. The summed E-state index contributed by atoms with van der Waals surface area (Å²) in [6.45, 7) is 3.91. The molecule has 0 aromatic heterocycles. The molecule has 1 aromatic rings. The fourth-order valence-electron chi connectivity index (χ4n) is 1.73. The highest BCUT2D eigenvalue weighted by Gasteiger charge is 2.47. The summed E-state index contributed by atoms with van der Waals surface area (Å²) in [4.78, 5) is 0.215. The molecule has 5 heteroatoms. The molecule has 1 fully saturated rings. The fraction of sp³-hybridized carbons (Fsp3) is 0.500. The van der Waals surface area contributed by atoms with Crippen molar-refractivity contribution in [3.8, 4) is 0 Å². The summed E-state index contributed by atoms with van der Waals surface area (Å²) >= 11 is 0. The van der Waals surface area contributed by atoms with Crippen LogP contribution in [0.25, 0.3) is 0 Å². The van der Waals surface area contributed by atoms with Gasteiger partial charge >= 0.3 is 0 Å². The number of nitrogens with one attached hydrogen (secondary N) is 1. The van der Waals surface area contributed by atoms with Gasteiger partial charge in [0.05, 0.1) is 11.5 Å². The highest BCUT2D eigenvalue weighted by molar-refractivity contribution is 7.89. The van der Waals surface area contributed by atoms with Crippen LogP contribution in [0.4, 0.5) is 0 Å². The van der Waals surface area contributed by atoms with Gasteiger partial charge in [-0.15, -0.1) is 0 Å². The summed E-state index contributed by atoms with van der Waals surface area (Å²) in [5.74, 6) is 0. The Hall–Kier alpha value is -0.910.